The van der Waals surface area contributed by atoms with Crippen LogP contribution in [0.25, 0.3) is 11.0 Å². The highest BCUT2D eigenvalue weighted by atomic mass is 16.8. The molecule has 3 heterocycles. The molecule has 1 saturated carbocycles. The van der Waals surface area contributed by atoms with Crippen molar-refractivity contribution in [2.45, 2.75) is 37.9 Å². The van der Waals surface area contributed by atoms with Crippen molar-refractivity contribution in [3.05, 3.63) is 31.2 Å². The summed E-state index contributed by atoms with van der Waals surface area (Å²) >= 11 is 0. The zero-order valence-electron chi connectivity index (χ0n) is 13.6. The molecular formula is C18H18N4O2. The minimum Gasteiger partial charge on any atom is -0.383 e. The Hall–Kier alpha value is -2.36. The van der Waals surface area contributed by atoms with Gasteiger partial charge in [-0.25, -0.2) is 9.97 Å². The fraction of sp³-hybridized carbons (Fsp3) is 0.444. The highest BCUT2D eigenvalue weighted by Crippen LogP contribution is 2.63. The van der Waals surface area contributed by atoms with Gasteiger partial charge in [-0.15, -0.1) is 6.58 Å². The van der Waals surface area contributed by atoms with E-state index < -0.39 is 11.5 Å². The SMILES string of the molecule is C=C[C@@]12C#C[C@@H]1C[C@]1(n3ccc4c(N)ncnc43)OC(C)(C)O[C@H]21. The third-order valence-corrected chi connectivity index (χ3v) is 5.46. The second kappa shape index (κ2) is 4.00. The zero-order chi connectivity index (χ0) is 16.7. The minimum absolute atomic E-state index is 0.174. The molecule has 0 aromatic carbocycles. The van der Waals surface area contributed by atoms with Crippen molar-refractivity contribution in [3.63, 3.8) is 0 Å². The summed E-state index contributed by atoms with van der Waals surface area (Å²) in [7, 11) is 0. The average Bonchev–Trinajstić information content (AvgIpc) is 3.10. The maximum Gasteiger partial charge on any atom is 0.179 e. The fourth-order valence-corrected chi connectivity index (χ4v) is 4.45. The van der Waals surface area contributed by atoms with Crippen LogP contribution >= 0.6 is 0 Å². The Morgan fingerprint density at radius 1 is 1.46 bits per heavy atom. The van der Waals surface area contributed by atoms with E-state index in [2.05, 4.69) is 28.4 Å². The van der Waals surface area contributed by atoms with Gasteiger partial charge in [0.15, 0.2) is 11.5 Å². The lowest BCUT2D eigenvalue weighted by atomic mass is 9.70. The molecule has 24 heavy (non-hydrogen) atoms. The summed E-state index contributed by atoms with van der Waals surface area (Å²) < 4.78 is 14.8. The first-order valence-corrected chi connectivity index (χ1v) is 8.04. The van der Waals surface area contributed by atoms with Crippen LogP contribution in [0.2, 0.25) is 0 Å². The van der Waals surface area contributed by atoms with Crippen LogP contribution < -0.4 is 5.73 Å². The molecule has 2 aromatic heterocycles. The average molecular weight is 322 g/mol. The molecule has 122 valence electrons. The van der Waals surface area contributed by atoms with Crippen molar-refractivity contribution in [2.75, 3.05) is 5.73 Å². The van der Waals surface area contributed by atoms with Crippen molar-refractivity contribution in [3.8, 4) is 11.8 Å². The first-order chi connectivity index (χ1) is 11.4. The van der Waals surface area contributed by atoms with Gasteiger partial charge in [-0.3, -0.25) is 0 Å². The number of nitrogens with zero attached hydrogens (tertiary/aromatic N) is 3. The van der Waals surface area contributed by atoms with Crippen LogP contribution in [0.4, 0.5) is 5.82 Å². The monoisotopic (exact) mass is 322 g/mol. The predicted molar refractivity (Wildman–Crippen MR) is 88.5 cm³/mol. The predicted octanol–water partition coefficient (Wildman–Crippen LogP) is 2.03. The number of hydrogen-bond acceptors (Lipinski definition) is 5. The first kappa shape index (κ1) is 14.0. The van der Waals surface area contributed by atoms with Crippen LogP contribution in [0.15, 0.2) is 31.2 Å². The summed E-state index contributed by atoms with van der Waals surface area (Å²) in [6, 6.07) is 1.92. The van der Waals surface area contributed by atoms with Crippen LogP contribution in [-0.4, -0.2) is 26.4 Å². The zero-order valence-corrected chi connectivity index (χ0v) is 13.6. The maximum absolute atomic E-state index is 6.47. The Morgan fingerprint density at radius 2 is 2.29 bits per heavy atom. The van der Waals surface area contributed by atoms with E-state index in [9.17, 15) is 0 Å². The molecule has 2 N–H and O–H groups in total. The molecule has 2 aromatic rings. The summed E-state index contributed by atoms with van der Waals surface area (Å²) in [5.41, 5.74) is 5.68. The molecule has 3 aliphatic rings. The third-order valence-electron chi connectivity index (χ3n) is 5.46. The Balaban J connectivity index is 1.76. The van der Waals surface area contributed by atoms with Gasteiger partial charge in [-0.05, 0) is 19.9 Å². The number of anilines is 1. The van der Waals surface area contributed by atoms with Crippen LogP contribution in [0.3, 0.4) is 0 Å². The van der Waals surface area contributed by atoms with Gasteiger partial charge in [0.05, 0.1) is 10.8 Å². The molecule has 0 unspecified atom stereocenters. The largest absolute Gasteiger partial charge is 0.383 e. The van der Waals surface area contributed by atoms with Gasteiger partial charge in [-0.2, -0.15) is 0 Å². The smallest absolute Gasteiger partial charge is 0.179 e. The Morgan fingerprint density at radius 3 is 3.00 bits per heavy atom. The molecule has 6 heteroatoms. The van der Waals surface area contributed by atoms with Crippen molar-refractivity contribution in [1.29, 1.82) is 0 Å². The lowest BCUT2D eigenvalue weighted by Crippen LogP contribution is -2.45. The molecule has 0 bridgehead atoms. The molecule has 1 aliphatic heterocycles. The van der Waals surface area contributed by atoms with E-state index in [1.54, 1.807) is 0 Å². The lowest BCUT2D eigenvalue weighted by molar-refractivity contribution is -0.190. The molecule has 1 saturated heterocycles. The van der Waals surface area contributed by atoms with Gasteiger partial charge in [0.1, 0.15) is 23.9 Å². The molecule has 2 aliphatic carbocycles. The standard InChI is InChI=1S/C18H18N4O2/c1-4-17-7-5-11(17)9-18(15(17)23-16(2,3)24-18)22-8-6-12-13(19)20-10-21-14(12)22/h4,6,8,10-11,15H,1,9H2,2-3H3,(H2,19,20,21)/t11-,15-,17-,18+/m1/s1. The van der Waals surface area contributed by atoms with Crippen LogP contribution in [-0.2, 0) is 15.2 Å². The second-order valence-corrected chi connectivity index (χ2v) is 7.19. The van der Waals surface area contributed by atoms with Crippen molar-refractivity contribution < 1.29 is 9.47 Å². The number of nitrogens with two attached hydrogens (primary N) is 1. The lowest BCUT2D eigenvalue weighted by Gasteiger charge is -2.35. The fourth-order valence-electron chi connectivity index (χ4n) is 4.45. The van der Waals surface area contributed by atoms with Gasteiger partial charge in [-0.1, -0.05) is 17.9 Å². The molecule has 0 amide bonds. The van der Waals surface area contributed by atoms with E-state index in [1.807, 2.05) is 36.8 Å². The van der Waals surface area contributed by atoms with E-state index in [1.165, 1.54) is 6.33 Å². The molecule has 0 spiro atoms. The van der Waals surface area contributed by atoms with Crippen LogP contribution in [0.1, 0.15) is 20.3 Å². The van der Waals surface area contributed by atoms with Crippen LogP contribution in [0.5, 0.6) is 0 Å². The van der Waals surface area contributed by atoms with Crippen molar-refractivity contribution in [1.82, 2.24) is 14.5 Å². The minimum atomic E-state index is -0.710. The molecule has 5 rings (SSSR count). The van der Waals surface area contributed by atoms with Crippen molar-refractivity contribution in [2.24, 2.45) is 11.3 Å². The van der Waals surface area contributed by atoms with Gasteiger partial charge in [0.2, 0.25) is 0 Å². The maximum atomic E-state index is 6.47. The number of ether oxygens (including phenoxy) is 2. The quantitative estimate of drug-likeness (QED) is 0.676. The number of hydrogen-bond donors (Lipinski definition) is 1. The van der Waals surface area contributed by atoms with Gasteiger partial charge < -0.3 is 19.8 Å². The number of rotatable bonds is 2. The van der Waals surface area contributed by atoms with E-state index in [4.69, 9.17) is 15.2 Å². The highest BCUT2D eigenvalue weighted by Gasteiger charge is 2.71. The third kappa shape index (κ3) is 1.41. The first-order valence-electron chi connectivity index (χ1n) is 8.04. The molecule has 6 nitrogen and oxygen atoms in total. The molecule has 0 radical (unpaired) electrons. The van der Waals surface area contributed by atoms with Gasteiger partial charge in [0, 0.05) is 18.5 Å². The second-order valence-electron chi connectivity index (χ2n) is 7.19. The van der Waals surface area contributed by atoms with E-state index in [0.29, 0.717) is 5.82 Å². The van der Waals surface area contributed by atoms with Crippen LogP contribution in [0, 0.1) is 23.2 Å². The summed E-state index contributed by atoms with van der Waals surface area (Å²) in [6.45, 7) is 7.88. The normalized spacial score (nSPS) is 38.1. The topological polar surface area (TPSA) is 75.2 Å². The number of nitrogen functional groups attached to an aromatic ring is 1. The molecule has 2 fully saturated rings. The number of aromatic nitrogens is 3. The summed E-state index contributed by atoms with van der Waals surface area (Å²) in [5, 5.41) is 0.812. The summed E-state index contributed by atoms with van der Waals surface area (Å²) in [6.07, 6.45) is 5.84. The van der Waals surface area contributed by atoms with E-state index in [-0.39, 0.29) is 17.4 Å². The summed E-state index contributed by atoms with van der Waals surface area (Å²) in [5.74, 6) is 6.45. The highest BCUT2D eigenvalue weighted by molar-refractivity contribution is 5.86. The molecule has 4 atom stereocenters. The molecular weight excluding hydrogens is 304 g/mol. The van der Waals surface area contributed by atoms with Gasteiger partial charge >= 0.3 is 0 Å². The van der Waals surface area contributed by atoms with Crippen molar-refractivity contribution >= 4 is 16.9 Å². The number of fused-ring (bicyclic) bond motifs is 4. The van der Waals surface area contributed by atoms with Gasteiger partial charge in [0.25, 0.3) is 0 Å². The van der Waals surface area contributed by atoms with E-state index in [0.717, 1.165) is 17.5 Å². The Kier molecular flexibility index (Phi) is 2.33. The summed E-state index contributed by atoms with van der Waals surface area (Å²) in [4.78, 5) is 8.51. The van der Waals surface area contributed by atoms with E-state index >= 15 is 0 Å². The Bertz CT molecular complexity index is 953. The Labute approximate surface area is 139 Å².